The van der Waals surface area contributed by atoms with Gasteiger partial charge in [0, 0.05) is 23.0 Å². The first kappa shape index (κ1) is 19.4. The van der Waals surface area contributed by atoms with Crippen LogP contribution in [-0.4, -0.2) is 29.1 Å². The maximum atomic E-state index is 12.3. The highest BCUT2D eigenvalue weighted by molar-refractivity contribution is 8.01. The van der Waals surface area contributed by atoms with Crippen LogP contribution in [0.4, 0.5) is 5.69 Å². The summed E-state index contributed by atoms with van der Waals surface area (Å²) in [6.45, 7) is 2.69. The average Bonchev–Trinajstić information content (AvgIpc) is 3.12. The fraction of sp³-hybridized carbons (Fsp3) is 0.250. The maximum Gasteiger partial charge on any atom is 0.234 e. The van der Waals surface area contributed by atoms with Crippen molar-refractivity contribution in [2.75, 3.05) is 17.6 Å². The van der Waals surface area contributed by atoms with E-state index in [0.29, 0.717) is 6.54 Å². The number of thioether (sulfide) groups is 1. The number of hydrogen-bond donors (Lipinski definition) is 2. The van der Waals surface area contributed by atoms with E-state index in [0.717, 1.165) is 32.9 Å². The van der Waals surface area contributed by atoms with Crippen molar-refractivity contribution in [2.24, 2.45) is 0 Å². The zero-order chi connectivity index (χ0) is 19.1. The lowest BCUT2D eigenvalue weighted by molar-refractivity contribution is -0.120. The fourth-order valence-corrected chi connectivity index (χ4v) is 4.22. The molecule has 5 nitrogen and oxygen atoms in total. The largest absolute Gasteiger partial charge is 0.356 e. The van der Waals surface area contributed by atoms with Crippen LogP contribution in [0.3, 0.4) is 0 Å². The lowest BCUT2D eigenvalue weighted by atomic mass is 10.1. The van der Waals surface area contributed by atoms with Crippen molar-refractivity contribution in [3.8, 4) is 0 Å². The van der Waals surface area contributed by atoms with E-state index in [9.17, 15) is 9.59 Å². The Balaban J connectivity index is 1.53. The number of nitrogens with one attached hydrogen (secondary N) is 2. The minimum absolute atomic E-state index is 0.0209. The van der Waals surface area contributed by atoms with Gasteiger partial charge >= 0.3 is 0 Å². The molecule has 3 aromatic rings. The average molecular weight is 400 g/mol. The molecular weight excluding hydrogens is 378 g/mol. The Morgan fingerprint density at radius 3 is 2.78 bits per heavy atom. The molecule has 0 aliphatic rings. The monoisotopic (exact) mass is 399 g/mol. The summed E-state index contributed by atoms with van der Waals surface area (Å²) >= 11 is 2.84. The van der Waals surface area contributed by atoms with Crippen LogP contribution in [0, 0.1) is 0 Å². The van der Waals surface area contributed by atoms with E-state index in [1.165, 1.54) is 23.1 Å². The van der Waals surface area contributed by atoms with Gasteiger partial charge in [0.05, 0.1) is 17.9 Å². The Morgan fingerprint density at radius 2 is 1.93 bits per heavy atom. The Hall–Kier alpha value is -2.38. The maximum absolute atomic E-state index is 12.3. The second-order valence-corrected chi connectivity index (χ2v) is 8.08. The highest BCUT2D eigenvalue weighted by Crippen LogP contribution is 2.25. The van der Waals surface area contributed by atoms with E-state index in [-0.39, 0.29) is 24.0 Å². The summed E-state index contributed by atoms with van der Waals surface area (Å²) in [7, 11) is 0. The molecule has 2 aromatic carbocycles. The summed E-state index contributed by atoms with van der Waals surface area (Å²) in [6.07, 6.45) is 1.19. The fourth-order valence-electron chi connectivity index (χ4n) is 2.58. The van der Waals surface area contributed by atoms with Crippen LogP contribution in [-0.2, 0) is 16.0 Å². The van der Waals surface area contributed by atoms with Crippen molar-refractivity contribution in [3.05, 3.63) is 53.5 Å². The van der Waals surface area contributed by atoms with Gasteiger partial charge in [0.1, 0.15) is 0 Å². The second-order valence-electron chi connectivity index (χ2n) is 6.00. The molecule has 0 saturated carbocycles. The van der Waals surface area contributed by atoms with E-state index < -0.39 is 0 Å². The summed E-state index contributed by atoms with van der Waals surface area (Å²) < 4.78 is 0.793. The Labute approximate surface area is 166 Å². The normalized spacial score (nSPS) is 10.7. The Morgan fingerprint density at radius 1 is 1.11 bits per heavy atom. The molecule has 0 unspecified atom stereocenters. The molecule has 3 rings (SSSR count). The van der Waals surface area contributed by atoms with Crippen LogP contribution in [0.25, 0.3) is 10.8 Å². The molecule has 0 aliphatic heterocycles. The molecule has 0 atom stereocenters. The van der Waals surface area contributed by atoms with Crippen molar-refractivity contribution >= 4 is 51.4 Å². The third kappa shape index (κ3) is 5.55. The quantitative estimate of drug-likeness (QED) is 0.560. The molecule has 7 heteroatoms. The number of thiazole rings is 1. The van der Waals surface area contributed by atoms with Crippen molar-refractivity contribution in [1.29, 1.82) is 0 Å². The van der Waals surface area contributed by atoms with Gasteiger partial charge in [0.25, 0.3) is 0 Å². The van der Waals surface area contributed by atoms with Gasteiger partial charge in [-0.3, -0.25) is 9.59 Å². The van der Waals surface area contributed by atoms with E-state index >= 15 is 0 Å². The summed E-state index contributed by atoms with van der Waals surface area (Å²) in [5.41, 5.74) is 1.55. The van der Waals surface area contributed by atoms with Crippen LogP contribution in [0.2, 0.25) is 0 Å². The van der Waals surface area contributed by atoms with Crippen molar-refractivity contribution in [3.63, 3.8) is 0 Å². The number of aromatic nitrogens is 1. The molecule has 140 valence electrons. The molecule has 1 heterocycles. The molecule has 0 bridgehead atoms. The number of carbonyl (C=O) groups excluding carboxylic acids is 2. The van der Waals surface area contributed by atoms with Gasteiger partial charge in [-0.25, -0.2) is 4.98 Å². The van der Waals surface area contributed by atoms with Crippen molar-refractivity contribution < 1.29 is 9.59 Å². The molecule has 0 aliphatic carbocycles. The summed E-state index contributed by atoms with van der Waals surface area (Å²) in [6, 6.07) is 13.8. The lowest BCUT2D eigenvalue weighted by Crippen LogP contribution is -2.25. The van der Waals surface area contributed by atoms with E-state index in [1.807, 2.05) is 54.8 Å². The first-order valence-corrected chi connectivity index (χ1v) is 10.6. The summed E-state index contributed by atoms with van der Waals surface area (Å²) in [5, 5.41) is 9.79. The number of fused-ring (bicyclic) bond motifs is 1. The van der Waals surface area contributed by atoms with Gasteiger partial charge in [-0.1, -0.05) is 55.1 Å². The summed E-state index contributed by atoms with van der Waals surface area (Å²) in [4.78, 5) is 28.5. The highest BCUT2D eigenvalue weighted by Gasteiger charge is 2.10. The molecule has 0 spiro atoms. The van der Waals surface area contributed by atoms with Gasteiger partial charge < -0.3 is 10.6 Å². The minimum Gasteiger partial charge on any atom is -0.356 e. The topological polar surface area (TPSA) is 71.1 Å². The third-order valence-corrected chi connectivity index (χ3v) is 5.90. The Bertz CT molecular complexity index is 934. The predicted molar refractivity (Wildman–Crippen MR) is 112 cm³/mol. The number of hydrogen-bond acceptors (Lipinski definition) is 5. The molecule has 0 radical (unpaired) electrons. The van der Waals surface area contributed by atoms with Gasteiger partial charge in [-0.2, -0.15) is 0 Å². The molecule has 27 heavy (non-hydrogen) atoms. The minimum atomic E-state index is -0.0752. The molecule has 0 fully saturated rings. The van der Waals surface area contributed by atoms with Crippen LogP contribution in [0.1, 0.15) is 19.0 Å². The number of rotatable bonds is 8. The van der Waals surface area contributed by atoms with Crippen molar-refractivity contribution in [2.45, 2.75) is 24.1 Å². The molecular formula is C20H21N3O2S2. The first-order chi connectivity index (χ1) is 13.2. The first-order valence-electron chi connectivity index (χ1n) is 8.77. The van der Waals surface area contributed by atoms with E-state index in [2.05, 4.69) is 15.6 Å². The van der Waals surface area contributed by atoms with Gasteiger partial charge in [-0.05, 0) is 17.9 Å². The SMILES string of the molecule is CCCNC(=O)Cc1csc(SCC(=O)Nc2cccc3ccccc23)n1. The zero-order valence-corrected chi connectivity index (χ0v) is 16.7. The lowest BCUT2D eigenvalue weighted by Gasteiger charge is -2.08. The van der Waals surface area contributed by atoms with Crippen molar-refractivity contribution in [1.82, 2.24) is 10.3 Å². The molecule has 0 saturated heterocycles. The number of benzene rings is 2. The number of amides is 2. The molecule has 2 N–H and O–H groups in total. The zero-order valence-electron chi connectivity index (χ0n) is 15.0. The molecule has 2 amide bonds. The number of anilines is 1. The van der Waals surface area contributed by atoms with Crippen LogP contribution in [0.5, 0.6) is 0 Å². The van der Waals surface area contributed by atoms with E-state index in [1.54, 1.807) is 0 Å². The van der Waals surface area contributed by atoms with E-state index in [4.69, 9.17) is 0 Å². The molecule has 1 aromatic heterocycles. The van der Waals surface area contributed by atoms with Gasteiger partial charge in [0.2, 0.25) is 11.8 Å². The van der Waals surface area contributed by atoms with Crippen LogP contribution >= 0.6 is 23.1 Å². The number of nitrogens with zero attached hydrogens (tertiary/aromatic N) is 1. The van der Waals surface area contributed by atoms with Gasteiger partial charge in [0.15, 0.2) is 4.34 Å². The predicted octanol–water partition coefficient (Wildman–Crippen LogP) is 4.10. The third-order valence-electron chi connectivity index (χ3n) is 3.83. The second kappa shape index (κ2) is 9.53. The van der Waals surface area contributed by atoms with Crippen LogP contribution in [0.15, 0.2) is 52.2 Å². The smallest absolute Gasteiger partial charge is 0.234 e. The van der Waals surface area contributed by atoms with Gasteiger partial charge in [-0.15, -0.1) is 11.3 Å². The summed E-state index contributed by atoms with van der Waals surface area (Å²) in [5.74, 6) is 0.180. The standard InChI is InChI=1S/C20H21N3O2S2/c1-2-10-21-18(24)11-15-12-26-20(22-15)27-13-19(25)23-17-9-5-7-14-6-3-4-8-16(14)17/h3-9,12H,2,10-11,13H2,1H3,(H,21,24)(H,23,25). The number of carbonyl (C=O) groups is 2. The van der Waals surface area contributed by atoms with Crippen LogP contribution < -0.4 is 10.6 Å². The highest BCUT2D eigenvalue weighted by atomic mass is 32.2. The Kier molecular flexibility index (Phi) is 6.84.